The Labute approximate surface area is 159 Å². The van der Waals surface area contributed by atoms with Gasteiger partial charge in [-0.3, -0.25) is 0 Å². The molecule has 2 heterocycles. The van der Waals surface area contributed by atoms with Crippen molar-refractivity contribution in [1.82, 2.24) is 9.97 Å². The summed E-state index contributed by atoms with van der Waals surface area (Å²) < 4.78 is 24.3. The molecule has 27 heavy (non-hydrogen) atoms. The molecule has 4 rings (SSSR count). The first kappa shape index (κ1) is 17.2. The van der Waals surface area contributed by atoms with E-state index in [0.717, 1.165) is 21.3 Å². The Balaban J connectivity index is 1.83. The first-order valence-corrected chi connectivity index (χ1v) is 9.04. The van der Waals surface area contributed by atoms with Gasteiger partial charge < -0.3 is 14.8 Å². The Morgan fingerprint density at radius 2 is 1.85 bits per heavy atom. The number of rotatable bonds is 5. The van der Waals surface area contributed by atoms with Gasteiger partial charge in [0.05, 0.1) is 19.6 Å². The lowest BCUT2D eigenvalue weighted by atomic mass is 10.1. The zero-order valence-electron chi connectivity index (χ0n) is 14.7. The normalized spacial score (nSPS) is 10.8. The third-order valence-electron chi connectivity index (χ3n) is 4.15. The number of nitrogens with zero attached hydrogens (tertiary/aromatic N) is 2. The van der Waals surface area contributed by atoms with Crippen molar-refractivity contribution >= 4 is 33.1 Å². The number of hydrogen-bond acceptors (Lipinski definition) is 6. The van der Waals surface area contributed by atoms with E-state index in [2.05, 4.69) is 15.3 Å². The smallest absolute Gasteiger partial charge is 0.161 e. The van der Waals surface area contributed by atoms with Gasteiger partial charge >= 0.3 is 0 Å². The van der Waals surface area contributed by atoms with Gasteiger partial charge in [0.25, 0.3) is 0 Å². The Morgan fingerprint density at radius 3 is 2.63 bits per heavy atom. The van der Waals surface area contributed by atoms with Gasteiger partial charge in [-0.1, -0.05) is 12.1 Å². The molecule has 0 bridgehead atoms. The van der Waals surface area contributed by atoms with E-state index in [4.69, 9.17) is 9.47 Å². The van der Waals surface area contributed by atoms with E-state index in [1.807, 2.05) is 23.6 Å². The van der Waals surface area contributed by atoms with Crippen LogP contribution in [-0.2, 0) is 0 Å². The van der Waals surface area contributed by atoms with E-state index in [-0.39, 0.29) is 5.82 Å². The second kappa shape index (κ2) is 7.20. The molecule has 2 aromatic carbocycles. The van der Waals surface area contributed by atoms with Crippen LogP contribution in [0.15, 0.2) is 54.2 Å². The zero-order chi connectivity index (χ0) is 18.8. The van der Waals surface area contributed by atoms with Gasteiger partial charge in [-0.15, -0.1) is 11.3 Å². The Kier molecular flexibility index (Phi) is 4.60. The molecule has 2 aromatic heterocycles. The van der Waals surface area contributed by atoms with Crippen molar-refractivity contribution in [3.8, 4) is 22.6 Å². The molecule has 0 aliphatic carbocycles. The summed E-state index contributed by atoms with van der Waals surface area (Å²) in [4.78, 5) is 9.57. The molecule has 0 atom stereocenters. The van der Waals surface area contributed by atoms with Crippen LogP contribution < -0.4 is 14.8 Å². The van der Waals surface area contributed by atoms with Gasteiger partial charge in [0.2, 0.25) is 0 Å². The van der Waals surface area contributed by atoms with E-state index in [0.29, 0.717) is 23.0 Å². The molecule has 0 amide bonds. The average molecular weight is 381 g/mol. The van der Waals surface area contributed by atoms with Crippen LogP contribution in [0.4, 0.5) is 15.9 Å². The molecule has 136 valence electrons. The van der Waals surface area contributed by atoms with Crippen LogP contribution in [0.5, 0.6) is 11.5 Å². The molecular formula is C20H16FN3O2S. The Hall–Kier alpha value is -3.19. The highest BCUT2D eigenvalue weighted by Gasteiger charge is 2.15. The molecule has 4 aromatic rings. The van der Waals surface area contributed by atoms with Gasteiger partial charge in [-0.25, -0.2) is 14.4 Å². The number of anilines is 2. The summed E-state index contributed by atoms with van der Waals surface area (Å²) in [5.41, 5.74) is 2.55. The third-order valence-corrected chi connectivity index (χ3v) is 5.04. The lowest BCUT2D eigenvalue weighted by molar-refractivity contribution is 0.355. The molecule has 5 nitrogen and oxygen atoms in total. The molecule has 0 unspecified atom stereocenters. The summed E-state index contributed by atoms with van der Waals surface area (Å²) in [6.07, 6.45) is 1.50. The van der Waals surface area contributed by atoms with E-state index in [1.54, 1.807) is 26.4 Å². The number of nitrogens with one attached hydrogen (secondary N) is 1. The van der Waals surface area contributed by atoms with Gasteiger partial charge in [0.1, 0.15) is 22.8 Å². The van der Waals surface area contributed by atoms with Gasteiger partial charge in [0, 0.05) is 16.6 Å². The number of benzene rings is 2. The van der Waals surface area contributed by atoms with Gasteiger partial charge in [-0.05, 0) is 35.9 Å². The predicted octanol–water partition coefficient (Wildman–Crippen LogP) is 5.26. The fraction of sp³-hybridized carbons (Fsp3) is 0.100. The van der Waals surface area contributed by atoms with Crippen LogP contribution in [-0.4, -0.2) is 24.2 Å². The van der Waals surface area contributed by atoms with Crippen LogP contribution in [0.2, 0.25) is 0 Å². The Bertz CT molecular complexity index is 1110. The first-order chi connectivity index (χ1) is 13.2. The number of halogens is 1. The highest BCUT2D eigenvalue weighted by molar-refractivity contribution is 7.17. The second-order valence-electron chi connectivity index (χ2n) is 5.76. The summed E-state index contributed by atoms with van der Waals surface area (Å²) >= 11 is 1.52. The van der Waals surface area contributed by atoms with Crippen LogP contribution in [0.1, 0.15) is 0 Å². The molecule has 0 radical (unpaired) electrons. The van der Waals surface area contributed by atoms with Gasteiger partial charge in [0.15, 0.2) is 11.5 Å². The average Bonchev–Trinajstić information content (AvgIpc) is 3.13. The molecule has 7 heteroatoms. The fourth-order valence-electron chi connectivity index (χ4n) is 2.89. The molecule has 0 fully saturated rings. The summed E-state index contributed by atoms with van der Waals surface area (Å²) in [5, 5.41) is 6.09. The van der Waals surface area contributed by atoms with Crippen molar-refractivity contribution in [3.05, 3.63) is 60.0 Å². The first-order valence-electron chi connectivity index (χ1n) is 8.17. The minimum atomic E-state index is -0.310. The quantitative estimate of drug-likeness (QED) is 0.511. The summed E-state index contributed by atoms with van der Waals surface area (Å²) in [5.74, 6) is 1.62. The molecule has 1 N–H and O–H groups in total. The molecule has 0 spiro atoms. The fourth-order valence-corrected chi connectivity index (χ4v) is 3.80. The molecule has 0 saturated carbocycles. The molecule has 0 aliphatic heterocycles. The van der Waals surface area contributed by atoms with Crippen LogP contribution in [0, 0.1) is 5.82 Å². The topological polar surface area (TPSA) is 56.3 Å². The van der Waals surface area contributed by atoms with Crippen molar-refractivity contribution in [2.75, 3.05) is 19.5 Å². The lowest BCUT2D eigenvalue weighted by Crippen LogP contribution is -1.96. The standard InChI is InChI=1S/C20H16FN3O2S/c1-25-16-7-6-12(8-17(16)26-2)15-10-27-20-18(15)19(22-11-23-20)24-14-5-3-4-13(21)9-14/h3-11H,1-2H3,(H,22,23,24). The minimum Gasteiger partial charge on any atom is -0.493 e. The lowest BCUT2D eigenvalue weighted by Gasteiger charge is -2.11. The molecule has 0 saturated heterocycles. The van der Waals surface area contributed by atoms with Crippen LogP contribution in [0.3, 0.4) is 0 Å². The van der Waals surface area contributed by atoms with Crippen molar-refractivity contribution in [1.29, 1.82) is 0 Å². The van der Waals surface area contributed by atoms with E-state index in [1.165, 1.54) is 29.8 Å². The van der Waals surface area contributed by atoms with Crippen molar-refractivity contribution in [3.63, 3.8) is 0 Å². The second-order valence-corrected chi connectivity index (χ2v) is 6.62. The number of thiophene rings is 1. The van der Waals surface area contributed by atoms with Crippen molar-refractivity contribution in [2.24, 2.45) is 0 Å². The minimum absolute atomic E-state index is 0.310. The monoisotopic (exact) mass is 381 g/mol. The highest BCUT2D eigenvalue weighted by Crippen LogP contribution is 2.40. The summed E-state index contributed by atoms with van der Waals surface area (Å²) in [6, 6.07) is 12.0. The van der Waals surface area contributed by atoms with Crippen LogP contribution in [0.25, 0.3) is 21.3 Å². The van der Waals surface area contributed by atoms with E-state index in [9.17, 15) is 4.39 Å². The SMILES string of the molecule is COc1ccc(-c2csc3ncnc(Nc4cccc(F)c4)c23)cc1OC. The number of methoxy groups -OCH3 is 2. The highest BCUT2D eigenvalue weighted by atomic mass is 32.1. The van der Waals surface area contributed by atoms with Gasteiger partial charge in [-0.2, -0.15) is 0 Å². The zero-order valence-corrected chi connectivity index (χ0v) is 15.5. The number of aromatic nitrogens is 2. The predicted molar refractivity (Wildman–Crippen MR) is 106 cm³/mol. The van der Waals surface area contributed by atoms with E-state index >= 15 is 0 Å². The van der Waals surface area contributed by atoms with E-state index < -0.39 is 0 Å². The summed E-state index contributed by atoms with van der Waals surface area (Å²) in [7, 11) is 3.21. The van der Waals surface area contributed by atoms with Crippen LogP contribution >= 0.6 is 11.3 Å². The Morgan fingerprint density at radius 1 is 1.00 bits per heavy atom. The molecule has 0 aliphatic rings. The maximum atomic E-state index is 13.5. The molecular weight excluding hydrogens is 365 g/mol. The number of ether oxygens (including phenoxy) is 2. The largest absolute Gasteiger partial charge is 0.493 e. The van der Waals surface area contributed by atoms with Crippen molar-refractivity contribution in [2.45, 2.75) is 0 Å². The maximum absolute atomic E-state index is 13.5. The maximum Gasteiger partial charge on any atom is 0.161 e. The summed E-state index contributed by atoms with van der Waals surface area (Å²) in [6.45, 7) is 0. The number of fused-ring (bicyclic) bond motifs is 1. The number of hydrogen-bond donors (Lipinski definition) is 1. The van der Waals surface area contributed by atoms with Crippen molar-refractivity contribution < 1.29 is 13.9 Å². The third kappa shape index (κ3) is 3.29.